The van der Waals surface area contributed by atoms with Gasteiger partial charge in [0.1, 0.15) is 29.4 Å². The molecule has 0 spiro atoms. The number of imidazole rings is 1. The van der Waals surface area contributed by atoms with Crippen molar-refractivity contribution in [3.05, 3.63) is 124 Å². The number of fused-ring (bicyclic) bond motifs is 1. The van der Waals surface area contributed by atoms with E-state index in [1.807, 2.05) is 43.3 Å². The fraction of sp³-hybridized carbons (Fsp3) is 0.194. The maximum Gasteiger partial charge on any atom is 0.350 e. The molecule has 5 aromatic rings. The Morgan fingerprint density at radius 3 is 2.52 bits per heavy atom. The zero-order valence-corrected chi connectivity index (χ0v) is 27.3. The lowest BCUT2D eigenvalue weighted by Gasteiger charge is -2.24. The summed E-state index contributed by atoms with van der Waals surface area (Å²) in [5, 5.41) is 12.0. The Labute approximate surface area is 280 Å². The van der Waals surface area contributed by atoms with Crippen molar-refractivity contribution in [2.45, 2.75) is 33.4 Å². The molecule has 244 valence electrons. The SMILES string of the molecule is C=CCOC(=O)c1sc(N2C(=O)C(=O)C(=C(O)c3c(C)nc4ccccn34)C2c2ccc(OCc3ccccc3)c(OCC)c2)nc1C. The molecule has 1 atom stereocenters. The molecular formula is C36H32N4O7S. The van der Waals surface area contributed by atoms with Crippen molar-refractivity contribution in [2.24, 2.45) is 0 Å². The molecule has 48 heavy (non-hydrogen) atoms. The van der Waals surface area contributed by atoms with E-state index in [1.165, 1.54) is 11.0 Å². The molecule has 2 aromatic carbocycles. The summed E-state index contributed by atoms with van der Waals surface area (Å²) in [4.78, 5) is 51.1. The van der Waals surface area contributed by atoms with Crippen LogP contribution in [0, 0.1) is 13.8 Å². The number of hydrogen-bond acceptors (Lipinski definition) is 10. The number of hydrogen-bond donors (Lipinski definition) is 1. The predicted molar refractivity (Wildman–Crippen MR) is 180 cm³/mol. The molecular weight excluding hydrogens is 632 g/mol. The first-order valence-corrected chi connectivity index (χ1v) is 16.0. The van der Waals surface area contributed by atoms with E-state index < -0.39 is 29.5 Å². The Hall–Kier alpha value is -5.75. The van der Waals surface area contributed by atoms with Crippen molar-refractivity contribution in [1.82, 2.24) is 14.4 Å². The van der Waals surface area contributed by atoms with E-state index in [1.54, 1.807) is 54.8 Å². The molecule has 1 aliphatic heterocycles. The third kappa shape index (κ3) is 5.93. The molecule has 0 radical (unpaired) electrons. The van der Waals surface area contributed by atoms with E-state index in [-0.39, 0.29) is 34.5 Å². The maximum absolute atomic E-state index is 13.9. The highest BCUT2D eigenvalue weighted by molar-refractivity contribution is 7.17. The van der Waals surface area contributed by atoms with Crippen molar-refractivity contribution in [3.63, 3.8) is 0 Å². The lowest BCUT2D eigenvalue weighted by molar-refractivity contribution is -0.132. The van der Waals surface area contributed by atoms with Crippen LogP contribution in [0.1, 0.15) is 50.8 Å². The number of nitrogens with zero attached hydrogens (tertiary/aromatic N) is 4. The van der Waals surface area contributed by atoms with Crippen LogP contribution >= 0.6 is 11.3 Å². The van der Waals surface area contributed by atoms with Gasteiger partial charge in [-0.05, 0) is 56.2 Å². The fourth-order valence-electron chi connectivity index (χ4n) is 5.56. The Morgan fingerprint density at radius 1 is 1.00 bits per heavy atom. The number of aryl methyl sites for hydroxylation is 2. The van der Waals surface area contributed by atoms with Gasteiger partial charge in [0.2, 0.25) is 0 Å². The van der Waals surface area contributed by atoms with Gasteiger partial charge >= 0.3 is 11.9 Å². The number of rotatable bonds is 11. The van der Waals surface area contributed by atoms with Crippen molar-refractivity contribution >= 4 is 45.5 Å². The molecule has 4 heterocycles. The van der Waals surface area contributed by atoms with E-state index in [0.29, 0.717) is 40.7 Å². The quantitative estimate of drug-likeness (QED) is 0.0564. The summed E-state index contributed by atoms with van der Waals surface area (Å²) >= 11 is 0.915. The first-order valence-electron chi connectivity index (χ1n) is 15.2. The van der Waals surface area contributed by atoms with Gasteiger partial charge in [-0.15, -0.1) is 0 Å². The molecule has 1 saturated heterocycles. The van der Waals surface area contributed by atoms with Gasteiger partial charge in [-0.2, -0.15) is 0 Å². The Morgan fingerprint density at radius 2 is 1.77 bits per heavy atom. The summed E-state index contributed by atoms with van der Waals surface area (Å²) in [6.07, 6.45) is 3.16. The molecule has 1 aliphatic rings. The first kappa shape index (κ1) is 32.2. The van der Waals surface area contributed by atoms with Crippen molar-refractivity contribution < 1.29 is 33.7 Å². The number of carbonyl (C=O) groups is 3. The van der Waals surface area contributed by atoms with Gasteiger partial charge in [0.15, 0.2) is 22.4 Å². The standard InChI is InChI=1S/C36H32N4O7S/c1-5-18-46-35(44)33-22(4)38-36(48-33)40-30(24-15-16-25(26(19-24)45-6-2)47-20-23-12-8-7-9-13-23)28(32(42)34(40)43)31(41)29-21(3)37-27-14-10-11-17-39(27)29/h5,7-17,19,30,41H,1,6,18,20H2,2-4H3. The molecule has 0 bridgehead atoms. The molecule has 3 aromatic heterocycles. The number of aromatic nitrogens is 3. The molecule has 1 fully saturated rings. The Balaban J connectivity index is 1.51. The number of carbonyl (C=O) groups excluding carboxylic acids is 3. The normalized spacial score (nSPS) is 15.6. The summed E-state index contributed by atoms with van der Waals surface area (Å²) in [5.41, 5.74) is 2.84. The molecule has 12 heteroatoms. The van der Waals surface area contributed by atoms with E-state index in [9.17, 15) is 19.5 Å². The van der Waals surface area contributed by atoms with E-state index in [4.69, 9.17) is 14.2 Å². The van der Waals surface area contributed by atoms with E-state index in [0.717, 1.165) is 16.9 Å². The number of thiazole rings is 1. The zero-order chi connectivity index (χ0) is 33.9. The van der Waals surface area contributed by atoms with E-state index >= 15 is 0 Å². The number of esters is 1. The largest absolute Gasteiger partial charge is 0.505 e. The highest BCUT2D eigenvalue weighted by atomic mass is 32.1. The number of benzene rings is 2. The summed E-state index contributed by atoms with van der Waals surface area (Å²) in [7, 11) is 0. The number of aliphatic hydroxyl groups excluding tert-OH is 1. The summed E-state index contributed by atoms with van der Waals surface area (Å²) in [5.74, 6) is -2.05. The fourth-order valence-corrected chi connectivity index (χ4v) is 6.55. The van der Waals surface area contributed by atoms with Crippen LogP contribution in [0.4, 0.5) is 5.13 Å². The number of pyridine rings is 1. The predicted octanol–water partition coefficient (Wildman–Crippen LogP) is 6.35. The molecule has 11 nitrogen and oxygen atoms in total. The number of ketones is 1. The van der Waals surface area contributed by atoms with Crippen LogP contribution in [0.25, 0.3) is 11.4 Å². The Kier molecular flexibility index (Phi) is 9.08. The van der Waals surface area contributed by atoms with Crippen LogP contribution in [0.5, 0.6) is 11.5 Å². The molecule has 0 saturated carbocycles. The average molecular weight is 665 g/mol. The highest BCUT2D eigenvalue weighted by Gasteiger charge is 2.49. The second-order valence-corrected chi connectivity index (χ2v) is 11.8. The van der Waals surface area contributed by atoms with Crippen LogP contribution in [0.2, 0.25) is 0 Å². The minimum Gasteiger partial charge on any atom is -0.505 e. The summed E-state index contributed by atoms with van der Waals surface area (Å²) in [6, 6.07) is 19.0. The highest BCUT2D eigenvalue weighted by Crippen LogP contribution is 2.46. The van der Waals surface area contributed by atoms with Crippen LogP contribution in [0.15, 0.2) is 91.2 Å². The van der Waals surface area contributed by atoms with Crippen LogP contribution in [0.3, 0.4) is 0 Å². The monoisotopic (exact) mass is 664 g/mol. The number of aliphatic hydroxyl groups is 1. The zero-order valence-electron chi connectivity index (χ0n) is 26.5. The van der Waals surface area contributed by atoms with Crippen LogP contribution in [-0.2, 0) is 20.9 Å². The topological polar surface area (TPSA) is 133 Å². The van der Waals surface area contributed by atoms with Gasteiger partial charge in [0.25, 0.3) is 5.78 Å². The molecule has 0 aliphatic carbocycles. The number of anilines is 1. The lowest BCUT2D eigenvalue weighted by Crippen LogP contribution is -2.29. The molecule has 6 rings (SSSR count). The van der Waals surface area contributed by atoms with Gasteiger partial charge in [0, 0.05) is 6.20 Å². The number of ether oxygens (including phenoxy) is 3. The smallest absolute Gasteiger partial charge is 0.350 e. The third-order valence-electron chi connectivity index (χ3n) is 7.70. The first-order chi connectivity index (χ1) is 23.2. The summed E-state index contributed by atoms with van der Waals surface area (Å²) < 4.78 is 19.0. The lowest BCUT2D eigenvalue weighted by atomic mass is 9.96. The minimum atomic E-state index is -1.15. The second kappa shape index (κ2) is 13.5. The van der Waals surface area contributed by atoms with E-state index in [2.05, 4.69) is 16.5 Å². The Bertz CT molecular complexity index is 2080. The van der Waals surface area contributed by atoms with Gasteiger partial charge in [-0.25, -0.2) is 14.8 Å². The van der Waals surface area contributed by atoms with Crippen LogP contribution < -0.4 is 14.4 Å². The van der Waals surface area contributed by atoms with Gasteiger partial charge in [-0.3, -0.25) is 18.9 Å². The van der Waals surface area contributed by atoms with Gasteiger partial charge < -0.3 is 19.3 Å². The molecule has 1 unspecified atom stereocenters. The maximum atomic E-state index is 13.9. The third-order valence-corrected chi connectivity index (χ3v) is 8.84. The summed E-state index contributed by atoms with van der Waals surface area (Å²) in [6.45, 7) is 9.32. The number of amides is 1. The molecule has 1 amide bonds. The van der Waals surface area contributed by atoms with Crippen LogP contribution in [-0.4, -0.2) is 50.3 Å². The molecule has 1 N–H and O–H groups in total. The van der Waals surface area contributed by atoms with Crippen molar-refractivity contribution in [2.75, 3.05) is 18.1 Å². The number of Topliss-reactive ketones (excluding diaryl/α,β-unsaturated/α-hetero) is 1. The second-order valence-electron chi connectivity index (χ2n) is 10.9. The average Bonchev–Trinajstić information content (AvgIpc) is 3.72. The van der Waals surface area contributed by atoms with Crippen molar-refractivity contribution in [3.8, 4) is 11.5 Å². The minimum absolute atomic E-state index is 0.00637. The van der Waals surface area contributed by atoms with Gasteiger partial charge in [0.05, 0.1) is 29.6 Å². The van der Waals surface area contributed by atoms with Gasteiger partial charge in [-0.1, -0.05) is 66.5 Å². The van der Waals surface area contributed by atoms with Crippen molar-refractivity contribution in [1.29, 1.82) is 0 Å².